The minimum absolute atomic E-state index is 0.0572. The summed E-state index contributed by atoms with van der Waals surface area (Å²) in [6, 6.07) is 47.6. The Morgan fingerprint density at radius 1 is 0.425 bits per heavy atom. The van der Waals surface area contributed by atoms with E-state index in [9.17, 15) is 9.59 Å². The lowest BCUT2D eigenvalue weighted by Crippen LogP contribution is -2.18. The van der Waals surface area contributed by atoms with Crippen molar-refractivity contribution in [3.63, 3.8) is 0 Å². The van der Waals surface area contributed by atoms with Crippen molar-refractivity contribution in [3.8, 4) is 0 Å². The van der Waals surface area contributed by atoms with Crippen LogP contribution in [-0.4, -0.2) is 11.8 Å². The molecule has 0 spiro atoms. The van der Waals surface area contributed by atoms with E-state index < -0.39 is 0 Å². The smallest absolute Gasteiger partial charge is 0.225 e. The van der Waals surface area contributed by atoms with Crippen molar-refractivity contribution in [2.45, 2.75) is 24.7 Å². The van der Waals surface area contributed by atoms with Gasteiger partial charge in [-0.2, -0.15) is 0 Å². The van der Waals surface area contributed by atoms with Crippen LogP contribution in [0.25, 0.3) is 0 Å². The summed E-state index contributed by atoms with van der Waals surface area (Å²) < 4.78 is 0. The van der Waals surface area contributed by atoms with Gasteiger partial charge >= 0.3 is 0 Å². The minimum atomic E-state index is -0.0885. The van der Waals surface area contributed by atoms with Gasteiger partial charge in [0.25, 0.3) is 0 Å². The molecule has 0 aliphatic carbocycles. The van der Waals surface area contributed by atoms with Crippen LogP contribution in [-0.2, 0) is 9.59 Å². The Kier molecular flexibility index (Phi) is 8.80. The van der Waals surface area contributed by atoms with Gasteiger partial charge in [0, 0.05) is 36.1 Å². The molecule has 5 aromatic carbocycles. The summed E-state index contributed by atoms with van der Waals surface area (Å²) in [7, 11) is 0. The predicted molar refractivity (Wildman–Crippen MR) is 162 cm³/mol. The Balaban J connectivity index is 1.26. The zero-order valence-corrected chi connectivity index (χ0v) is 22.2. The third-order valence-corrected chi connectivity index (χ3v) is 7.02. The normalized spacial score (nSPS) is 10.8. The zero-order chi connectivity index (χ0) is 27.6. The van der Waals surface area contributed by atoms with E-state index >= 15 is 0 Å². The van der Waals surface area contributed by atoms with Crippen LogP contribution in [0.3, 0.4) is 0 Å². The molecular weight excluding hydrogens is 492 g/mol. The van der Waals surface area contributed by atoms with Crippen LogP contribution >= 0.6 is 0 Å². The van der Waals surface area contributed by atoms with Crippen LogP contribution in [0.5, 0.6) is 0 Å². The summed E-state index contributed by atoms with van der Waals surface area (Å²) in [4.78, 5) is 26.3. The number of hydrogen-bond donors (Lipinski definition) is 2. The molecule has 4 nitrogen and oxygen atoms in total. The number of rotatable bonds is 10. The molecule has 5 rings (SSSR count). The van der Waals surface area contributed by atoms with E-state index in [2.05, 4.69) is 59.2 Å². The fraction of sp³-hybridized carbons (Fsp3) is 0.111. The Morgan fingerprint density at radius 3 is 1.02 bits per heavy atom. The van der Waals surface area contributed by atoms with Crippen LogP contribution in [0, 0.1) is 0 Å². The molecule has 0 atom stereocenters. The van der Waals surface area contributed by atoms with Crippen molar-refractivity contribution in [2.24, 2.45) is 0 Å². The summed E-state index contributed by atoms with van der Waals surface area (Å²) >= 11 is 0. The molecule has 0 aromatic heterocycles. The van der Waals surface area contributed by atoms with Gasteiger partial charge in [-0.05, 0) is 40.5 Å². The average Bonchev–Trinajstić information content (AvgIpc) is 3.00. The van der Waals surface area contributed by atoms with Gasteiger partial charge in [-0.1, -0.05) is 127 Å². The van der Waals surface area contributed by atoms with E-state index in [1.807, 2.05) is 91.0 Å². The Bertz CT molecular complexity index is 1330. The van der Waals surface area contributed by atoms with E-state index in [0.717, 1.165) is 22.3 Å². The van der Waals surface area contributed by atoms with Gasteiger partial charge in [-0.3, -0.25) is 9.59 Å². The van der Waals surface area contributed by atoms with Crippen molar-refractivity contribution in [3.05, 3.63) is 168 Å². The van der Waals surface area contributed by atoms with Gasteiger partial charge in [0.05, 0.1) is 0 Å². The highest BCUT2D eigenvalue weighted by Crippen LogP contribution is 2.30. The molecule has 0 aliphatic rings. The van der Waals surface area contributed by atoms with E-state index in [1.165, 1.54) is 0 Å². The topological polar surface area (TPSA) is 58.2 Å². The molecule has 0 radical (unpaired) electrons. The lowest BCUT2D eigenvalue weighted by Gasteiger charge is -2.19. The molecule has 0 unspecified atom stereocenters. The third-order valence-electron chi connectivity index (χ3n) is 7.02. The molecule has 40 heavy (non-hydrogen) atoms. The molecule has 0 saturated carbocycles. The highest BCUT2D eigenvalue weighted by molar-refractivity contribution is 5.95. The first kappa shape index (κ1) is 26.6. The van der Waals surface area contributed by atoms with E-state index in [4.69, 9.17) is 0 Å². The Morgan fingerprint density at radius 2 is 0.725 bits per heavy atom. The predicted octanol–water partition coefficient (Wildman–Crippen LogP) is 8.01. The van der Waals surface area contributed by atoms with Crippen LogP contribution in [0.2, 0.25) is 0 Å². The van der Waals surface area contributed by atoms with Crippen molar-refractivity contribution in [2.75, 3.05) is 10.6 Å². The maximum Gasteiger partial charge on any atom is 0.225 e. The zero-order valence-electron chi connectivity index (χ0n) is 22.2. The van der Waals surface area contributed by atoms with E-state index in [0.29, 0.717) is 24.2 Å². The molecular formula is C36H32N2O2. The maximum atomic E-state index is 13.2. The molecule has 0 aliphatic heterocycles. The van der Waals surface area contributed by atoms with E-state index in [1.54, 1.807) is 6.07 Å². The summed E-state index contributed by atoms with van der Waals surface area (Å²) in [5.74, 6) is -0.291. The molecule has 5 aromatic rings. The first-order valence-corrected chi connectivity index (χ1v) is 13.6. The number of nitrogens with one attached hydrogen (secondary N) is 2. The standard InChI is InChI=1S/C36H32N2O2/c39-35(25-33(27-14-5-1-6-15-27)28-16-7-2-8-17-28)37-31-22-13-23-32(24-31)38-36(40)26-34(29-18-9-3-10-19-29)30-20-11-4-12-21-30/h1-24,33-34H,25-26H2,(H,37,39)(H,38,40). The Labute approximate surface area is 235 Å². The SMILES string of the molecule is O=C(CC(c1ccccc1)c1ccccc1)Nc1cccc(NC(=O)CC(c2ccccc2)c2ccccc2)c1. The number of anilines is 2. The van der Waals surface area contributed by atoms with Crippen molar-refractivity contribution in [1.82, 2.24) is 0 Å². The summed E-state index contributed by atoms with van der Waals surface area (Å²) in [5.41, 5.74) is 5.66. The molecule has 0 heterocycles. The first-order chi connectivity index (χ1) is 19.7. The molecule has 198 valence electrons. The van der Waals surface area contributed by atoms with Crippen LogP contribution < -0.4 is 10.6 Å². The minimum Gasteiger partial charge on any atom is -0.326 e. The number of amides is 2. The van der Waals surface area contributed by atoms with Gasteiger partial charge in [0.2, 0.25) is 11.8 Å². The second kappa shape index (κ2) is 13.2. The molecule has 0 saturated heterocycles. The van der Waals surface area contributed by atoms with E-state index in [-0.39, 0.29) is 23.7 Å². The highest BCUT2D eigenvalue weighted by Gasteiger charge is 2.20. The van der Waals surface area contributed by atoms with Gasteiger partial charge < -0.3 is 10.6 Å². The van der Waals surface area contributed by atoms with Crippen LogP contribution in [0.1, 0.15) is 46.9 Å². The second-order valence-electron chi connectivity index (χ2n) is 9.83. The van der Waals surface area contributed by atoms with Gasteiger partial charge in [0.1, 0.15) is 0 Å². The number of hydrogen-bond acceptors (Lipinski definition) is 2. The largest absolute Gasteiger partial charge is 0.326 e. The van der Waals surface area contributed by atoms with Crippen molar-refractivity contribution in [1.29, 1.82) is 0 Å². The van der Waals surface area contributed by atoms with Gasteiger partial charge in [-0.15, -0.1) is 0 Å². The summed E-state index contributed by atoms with van der Waals surface area (Å²) in [6.07, 6.45) is 0.612. The van der Waals surface area contributed by atoms with Crippen LogP contribution in [0.4, 0.5) is 11.4 Å². The van der Waals surface area contributed by atoms with Crippen LogP contribution in [0.15, 0.2) is 146 Å². The quantitative estimate of drug-likeness (QED) is 0.194. The average molecular weight is 525 g/mol. The summed E-state index contributed by atoms with van der Waals surface area (Å²) in [5, 5.41) is 6.06. The Hall–Kier alpha value is -4.96. The first-order valence-electron chi connectivity index (χ1n) is 13.6. The lowest BCUT2D eigenvalue weighted by molar-refractivity contribution is -0.117. The summed E-state index contributed by atoms with van der Waals surface area (Å²) in [6.45, 7) is 0. The van der Waals surface area contributed by atoms with Gasteiger partial charge in [0.15, 0.2) is 0 Å². The fourth-order valence-corrected chi connectivity index (χ4v) is 5.07. The van der Waals surface area contributed by atoms with Crippen molar-refractivity contribution >= 4 is 23.2 Å². The highest BCUT2D eigenvalue weighted by atomic mass is 16.2. The molecule has 2 N–H and O–H groups in total. The lowest BCUT2D eigenvalue weighted by atomic mass is 9.88. The molecule has 2 amide bonds. The number of carbonyl (C=O) groups excluding carboxylic acids is 2. The number of benzene rings is 5. The monoisotopic (exact) mass is 524 g/mol. The van der Waals surface area contributed by atoms with Gasteiger partial charge in [-0.25, -0.2) is 0 Å². The van der Waals surface area contributed by atoms with Crippen molar-refractivity contribution < 1.29 is 9.59 Å². The molecule has 0 fully saturated rings. The maximum absolute atomic E-state index is 13.2. The molecule has 0 bridgehead atoms. The number of carbonyl (C=O) groups is 2. The molecule has 4 heteroatoms. The fourth-order valence-electron chi connectivity index (χ4n) is 5.07. The third kappa shape index (κ3) is 7.12. The second-order valence-corrected chi connectivity index (χ2v) is 9.83.